The monoisotopic (exact) mass is 499 g/mol. The van der Waals surface area contributed by atoms with Gasteiger partial charge < -0.3 is 10.6 Å². The highest BCUT2D eigenvalue weighted by Gasteiger charge is 2.19. The molecule has 28 heavy (non-hydrogen) atoms. The minimum atomic E-state index is 0.144. The van der Waals surface area contributed by atoms with Crippen LogP contribution < -0.4 is 16.1 Å². The number of nitrogens with two attached hydrogens (primary N) is 1. The number of hydrazone groups is 1. The van der Waals surface area contributed by atoms with Gasteiger partial charge in [-0.2, -0.15) is 5.10 Å². The van der Waals surface area contributed by atoms with E-state index in [4.69, 9.17) is 41.2 Å². The second kappa shape index (κ2) is 9.89. The second-order valence-electron chi connectivity index (χ2n) is 6.46. The number of anilines is 1. The van der Waals surface area contributed by atoms with E-state index in [0.717, 1.165) is 42.8 Å². The predicted octanol–water partition coefficient (Wildman–Crippen LogP) is 4.25. The molecule has 0 unspecified atom stereocenters. The predicted molar refractivity (Wildman–Crippen MR) is 126 cm³/mol. The molecule has 0 aliphatic carbocycles. The fourth-order valence-corrected chi connectivity index (χ4v) is 4.09. The Morgan fingerprint density at radius 1 is 1.14 bits per heavy atom. The number of benzene rings is 2. The molecule has 1 fully saturated rings. The van der Waals surface area contributed by atoms with Crippen molar-refractivity contribution >= 4 is 68.4 Å². The van der Waals surface area contributed by atoms with Crippen LogP contribution in [-0.2, 0) is 6.54 Å². The lowest BCUT2D eigenvalue weighted by Gasteiger charge is -2.36. The summed E-state index contributed by atoms with van der Waals surface area (Å²) in [7, 11) is 0. The first-order valence-corrected chi connectivity index (χ1v) is 10.7. The Balaban J connectivity index is 1.57. The van der Waals surface area contributed by atoms with Crippen LogP contribution in [0.2, 0.25) is 10.0 Å². The van der Waals surface area contributed by atoms with Crippen LogP contribution >= 0.6 is 51.3 Å². The number of nitrogens with zero attached hydrogens (tertiary/aromatic N) is 3. The first kappa shape index (κ1) is 21.3. The van der Waals surface area contributed by atoms with Crippen molar-refractivity contribution in [1.82, 2.24) is 10.3 Å². The highest BCUT2D eigenvalue weighted by Crippen LogP contribution is 2.28. The molecule has 3 rings (SSSR count). The summed E-state index contributed by atoms with van der Waals surface area (Å²) in [6.45, 7) is 4.74. The largest absolute Gasteiger partial charge is 0.375 e. The number of rotatable bonds is 5. The summed E-state index contributed by atoms with van der Waals surface area (Å²) in [6, 6.07) is 12.0. The zero-order valence-corrected chi connectivity index (χ0v) is 19.0. The number of hydrogen-bond acceptors (Lipinski definition) is 4. The molecular formula is C19H20BrCl2N5S. The quantitative estimate of drug-likeness (QED) is 0.365. The number of piperazine rings is 1. The molecule has 1 saturated heterocycles. The Labute approximate surface area is 188 Å². The van der Waals surface area contributed by atoms with E-state index in [1.807, 2.05) is 30.3 Å². The van der Waals surface area contributed by atoms with E-state index >= 15 is 0 Å². The first-order valence-electron chi connectivity index (χ1n) is 8.71. The molecule has 3 N–H and O–H groups in total. The van der Waals surface area contributed by atoms with E-state index in [9.17, 15) is 0 Å². The fraction of sp³-hybridized carbons (Fsp3) is 0.263. The molecule has 1 heterocycles. The number of nitrogens with one attached hydrogen (secondary N) is 1. The van der Waals surface area contributed by atoms with Crippen LogP contribution in [0.3, 0.4) is 0 Å². The smallest absolute Gasteiger partial charge is 0.184 e. The molecule has 0 radical (unpaired) electrons. The maximum Gasteiger partial charge on any atom is 0.184 e. The van der Waals surface area contributed by atoms with E-state index in [2.05, 4.69) is 42.3 Å². The highest BCUT2D eigenvalue weighted by atomic mass is 79.9. The van der Waals surface area contributed by atoms with Gasteiger partial charge in [0.15, 0.2) is 5.11 Å². The van der Waals surface area contributed by atoms with Crippen molar-refractivity contribution in [2.24, 2.45) is 10.8 Å². The minimum absolute atomic E-state index is 0.144. The van der Waals surface area contributed by atoms with Crippen LogP contribution in [0.15, 0.2) is 46.0 Å². The molecule has 0 amide bonds. The normalized spacial score (nSPS) is 15.2. The Morgan fingerprint density at radius 3 is 2.54 bits per heavy atom. The van der Waals surface area contributed by atoms with Gasteiger partial charge >= 0.3 is 0 Å². The molecule has 5 nitrogen and oxygen atoms in total. The molecule has 0 bridgehead atoms. The third-order valence-corrected chi connectivity index (χ3v) is 5.93. The molecule has 0 spiro atoms. The van der Waals surface area contributed by atoms with Gasteiger partial charge in [-0.1, -0.05) is 35.3 Å². The molecular weight excluding hydrogens is 481 g/mol. The maximum absolute atomic E-state index is 6.12. The minimum Gasteiger partial charge on any atom is -0.375 e. The Kier molecular flexibility index (Phi) is 7.54. The maximum atomic E-state index is 6.12. The van der Waals surface area contributed by atoms with Crippen LogP contribution in [0.5, 0.6) is 0 Å². The van der Waals surface area contributed by atoms with Crippen molar-refractivity contribution in [1.29, 1.82) is 0 Å². The Morgan fingerprint density at radius 2 is 1.89 bits per heavy atom. The summed E-state index contributed by atoms with van der Waals surface area (Å²) in [6.07, 6.45) is 1.68. The van der Waals surface area contributed by atoms with Crippen molar-refractivity contribution in [3.8, 4) is 0 Å². The summed E-state index contributed by atoms with van der Waals surface area (Å²) in [4.78, 5) is 4.80. The second-order valence-corrected chi connectivity index (χ2v) is 8.57. The van der Waals surface area contributed by atoms with Gasteiger partial charge in [0.05, 0.1) is 21.9 Å². The molecule has 2 aromatic rings. The molecule has 9 heteroatoms. The average molecular weight is 501 g/mol. The van der Waals surface area contributed by atoms with E-state index in [-0.39, 0.29) is 5.11 Å². The number of halogens is 3. The van der Waals surface area contributed by atoms with Crippen molar-refractivity contribution in [3.05, 3.63) is 62.0 Å². The zero-order chi connectivity index (χ0) is 20.1. The molecule has 0 aromatic heterocycles. The Hall–Kier alpha value is -1.38. The van der Waals surface area contributed by atoms with E-state index in [1.54, 1.807) is 6.21 Å². The van der Waals surface area contributed by atoms with Gasteiger partial charge in [-0.3, -0.25) is 10.3 Å². The molecule has 148 valence electrons. The molecule has 0 saturated carbocycles. The van der Waals surface area contributed by atoms with E-state index in [1.165, 1.54) is 11.3 Å². The summed E-state index contributed by atoms with van der Waals surface area (Å²) in [5, 5.41) is 5.33. The van der Waals surface area contributed by atoms with Crippen molar-refractivity contribution in [2.75, 3.05) is 31.1 Å². The standard InChI is InChI=1S/C19H20BrCl2N5S/c20-15-9-13(11-24-25-19(23)28)2-4-18(15)27-7-5-26(6-8-27)12-14-1-3-16(21)17(22)10-14/h1-4,9-11H,5-8,12H2,(H3,23,25,28). The topological polar surface area (TPSA) is 56.9 Å². The van der Waals surface area contributed by atoms with Gasteiger partial charge in [0.2, 0.25) is 0 Å². The molecule has 0 atom stereocenters. The molecule has 1 aliphatic rings. The van der Waals surface area contributed by atoms with E-state index < -0.39 is 0 Å². The lowest BCUT2D eigenvalue weighted by molar-refractivity contribution is 0.250. The molecule has 2 aromatic carbocycles. The highest BCUT2D eigenvalue weighted by molar-refractivity contribution is 9.10. The van der Waals surface area contributed by atoms with Gasteiger partial charge in [-0.25, -0.2) is 0 Å². The first-order chi connectivity index (χ1) is 13.4. The van der Waals surface area contributed by atoms with Crippen LogP contribution in [0.1, 0.15) is 11.1 Å². The summed E-state index contributed by atoms with van der Waals surface area (Å²) in [5.74, 6) is 0. The third-order valence-electron chi connectivity index (χ3n) is 4.46. The fourth-order valence-electron chi connectivity index (χ4n) is 3.07. The number of thiocarbonyl (C=S) groups is 1. The van der Waals surface area contributed by atoms with Crippen LogP contribution in [0.4, 0.5) is 5.69 Å². The van der Waals surface area contributed by atoms with Gasteiger partial charge in [0.1, 0.15) is 0 Å². The van der Waals surface area contributed by atoms with Crippen LogP contribution in [-0.4, -0.2) is 42.4 Å². The SMILES string of the molecule is NC(=S)NN=Cc1ccc(N2CCN(Cc3ccc(Cl)c(Cl)c3)CC2)c(Br)c1. The lowest BCUT2D eigenvalue weighted by Crippen LogP contribution is -2.46. The third kappa shape index (κ3) is 5.81. The van der Waals surface area contributed by atoms with Gasteiger partial charge in [0.25, 0.3) is 0 Å². The van der Waals surface area contributed by atoms with Gasteiger partial charge in [-0.15, -0.1) is 0 Å². The zero-order valence-electron chi connectivity index (χ0n) is 15.0. The summed E-state index contributed by atoms with van der Waals surface area (Å²) in [5.41, 5.74) is 11.2. The number of hydrogen-bond donors (Lipinski definition) is 2. The van der Waals surface area contributed by atoms with Gasteiger partial charge in [0, 0.05) is 37.2 Å². The molecule has 1 aliphatic heterocycles. The van der Waals surface area contributed by atoms with Crippen molar-refractivity contribution in [3.63, 3.8) is 0 Å². The van der Waals surface area contributed by atoms with Crippen molar-refractivity contribution in [2.45, 2.75) is 6.54 Å². The summed E-state index contributed by atoms with van der Waals surface area (Å²) >= 11 is 20.5. The summed E-state index contributed by atoms with van der Waals surface area (Å²) < 4.78 is 1.03. The lowest BCUT2D eigenvalue weighted by atomic mass is 10.1. The van der Waals surface area contributed by atoms with E-state index in [0.29, 0.717) is 10.0 Å². The average Bonchev–Trinajstić information content (AvgIpc) is 2.65. The van der Waals surface area contributed by atoms with Crippen molar-refractivity contribution < 1.29 is 0 Å². The van der Waals surface area contributed by atoms with Crippen LogP contribution in [0, 0.1) is 0 Å². The van der Waals surface area contributed by atoms with Crippen LogP contribution in [0.25, 0.3) is 0 Å². The van der Waals surface area contributed by atoms with Gasteiger partial charge in [-0.05, 0) is 63.5 Å². The Bertz CT molecular complexity index is 885.